The summed E-state index contributed by atoms with van der Waals surface area (Å²) in [6, 6.07) is 0. The molecule has 0 aromatic rings. The maximum absolute atomic E-state index is 12.8. The van der Waals surface area contributed by atoms with Crippen LogP contribution in [-0.4, -0.2) is 37.2 Å². The van der Waals surface area contributed by atoms with E-state index in [2.05, 4.69) is 45.1 Å². The number of hydrogen-bond donors (Lipinski definition) is 0. The van der Waals surface area contributed by atoms with Crippen LogP contribution >= 0.6 is 0 Å². The molecule has 1 unspecified atom stereocenters. The van der Waals surface area contributed by atoms with Gasteiger partial charge in [0.1, 0.15) is 13.2 Å². The first kappa shape index (κ1) is 60.9. The third-order valence-corrected chi connectivity index (χ3v) is 12.4. The van der Waals surface area contributed by atoms with Crippen LogP contribution in [0.15, 0.2) is 24.3 Å². The molecule has 0 aliphatic heterocycles. The second-order valence-corrected chi connectivity index (χ2v) is 18.8. The predicted molar refractivity (Wildman–Crippen MR) is 270 cm³/mol. The van der Waals surface area contributed by atoms with Crippen LogP contribution in [0.2, 0.25) is 0 Å². The van der Waals surface area contributed by atoms with Gasteiger partial charge < -0.3 is 14.2 Å². The van der Waals surface area contributed by atoms with E-state index >= 15 is 0 Å². The third-order valence-electron chi connectivity index (χ3n) is 12.4. The van der Waals surface area contributed by atoms with Gasteiger partial charge in [0.15, 0.2) is 6.10 Å². The largest absolute Gasteiger partial charge is 0.462 e. The number of ether oxygens (including phenoxy) is 3. The zero-order valence-corrected chi connectivity index (χ0v) is 42.4. The van der Waals surface area contributed by atoms with Crippen LogP contribution in [0.4, 0.5) is 0 Å². The minimum absolute atomic E-state index is 0.0713. The SMILES string of the molecule is CCCCC/C=C\CCCCCCCC(=O)OC(COC(=O)CCCCCCCCCCC/C=C\CCCCCCCCCC)COC(=O)CCCCCCCCCCCCCC. The molecule has 0 saturated carbocycles. The number of carbonyl (C=O) groups is 3. The fourth-order valence-corrected chi connectivity index (χ4v) is 8.20. The predicted octanol–water partition coefficient (Wildman–Crippen LogP) is 18.3. The van der Waals surface area contributed by atoms with Crippen molar-refractivity contribution in [3.05, 3.63) is 24.3 Å². The first-order chi connectivity index (χ1) is 31.0. The van der Waals surface area contributed by atoms with Gasteiger partial charge in [0.2, 0.25) is 0 Å². The second kappa shape index (κ2) is 52.5. The van der Waals surface area contributed by atoms with Crippen molar-refractivity contribution in [2.24, 2.45) is 0 Å². The second-order valence-electron chi connectivity index (χ2n) is 18.8. The highest BCUT2D eigenvalue weighted by Crippen LogP contribution is 2.16. The van der Waals surface area contributed by atoms with Gasteiger partial charge in [0.25, 0.3) is 0 Å². The van der Waals surface area contributed by atoms with Gasteiger partial charge in [0.05, 0.1) is 0 Å². The summed E-state index contributed by atoms with van der Waals surface area (Å²) >= 11 is 0. The maximum atomic E-state index is 12.8. The monoisotopic (exact) mass is 887 g/mol. The molecule has 0 fully saturated rings. The molecule has 6 heteroatoms. The van der Waals surface area contributed by atoms with Crippen LogP contribution in [0.3, 0.4) is 0 Å². The standard InChI is InChI=1S/C57H106O6/c1-4-7-10-13-16-19-22-25-26-27-28-29-30-31-32-33-36-38-41-44-47-50-56(59)62-53-54(63-57(60)51-48-45-42-39-35-24-21-18-15-12-9-6-3)52-61-55(58)49-46-43-40-37-34-23-20-17-14-11-8-5-2/h18,21,27-28,54H,4-17,19-20,22-26,29-53H2,1-3H3/b21-18-,28-27-. The Balaban J connectivity index is 4.25. The van der Waals surface area contributed by atoms with Gasteiger partial charge in [-0.2, -0.15) is 0 Å². The molecule has 0 bridgehead atoms. The van der Waals surface area contributed by atoms with E-state index in [1.54, 1.807) is 0 Å². The molecule has 0 amide bonds. The van der Waals surface area contributed by atoms with Crippen molar-refractivity contribution >= 4 is 17.9 Å². The summed E-state index contributed by atoms with van der Waals surface area (Å²) in [5.74, 6) is -0.868. The molecular weight excluding hydrogens is 781 g/mol. The van der Waals surface area contributed by atoms with Crippen LogP contribution in [0.5, 0.6) is 0 Å². The van der Waals surface area contributed by atoms with Crippen LogP contribution in [0.1, 0.15) is 303 Å². The summed E-state index contributed by atoms with van der Waals surface area (Å²) in [6.45, 7) is 6.64. The molecule has 63 heavy (non-hydrogen) atoms. The van der Waals surface area contributed by atoms with Crippen LogP contribution in [-0.2, 0) is 28.6 Å². The smallest absolute Gasteiger partial charge is 0.306 e. The molecule has 0 rings (SSSR count). The van der Waals surface area contributed by atoms with Crippen molar-refractivity contribution < 1.29 is 28.6 Å². The molecule has 0 aliphatic rings. The molecule has 0 aromatic carbocycles. The molecule has 0 saturated heterocycles. The zero-order chi connectivity index (χ0) is 45.8. The molecule has 0 aromatic heterocycles. The lowest BCUT2D eigenvalue weighted by Crippen LogP contribution is -2.30. The highest BCUT2D eigenvalue weighted by atomic mass is 16.6. The van der Waals surface area contributed by atoms with E-state index in [1.165, 1.54) is 199 Å². The average Bonchev–Trinajstić information content (AvgIpc) is 3.28. The van der Waals surface area contributed by atoms with E-state index in [4.69, 9.17) is 14.2 Å². The number of rotatable bonds is 51. The number of carbonyl (C=O) groups excluding carboxylic acids is 3. The van der Waals surface area contributed by atoms with Crippen molar-refractivity contribution in [2.45, 2.75) is 309 Å². The Kier molecular flexibility index (Phi) is 50.8. The summed E-state index contributed by atoms with van der Waals surface area (Å²) in [4.78, 5) is 38.0. The van der Waals surface area contributed by atoms with E-state index < -0.39 is 6.10 Å². The topological polar surface area (TPSA) is 78.9 Å². The van der Waals surface area contributed by atoms with Gasteiger partial charge in [-0.3, -0.25) is 14.4 Å². The van der Waals surface area contributed by atoms with E-state index in [0.717, 1.165) is 64.2 Å². The van der Waals surface area contributed by atoms with Gasteiger partial charge in [0, 0.05) is 19.3 Å². The normalized spacial score (nSPS) is 12.1. The van der Waals surface area contributed by atoms with Crippen LogP contribution in [0.25, 0.3) is 0 Å². The molecule has 0 N–H and O–H groups in total. The highest BCUT2D eigenvalue weighted by molar-refractivity contribution is 5.71. The Morgan fingerprint density at radius 2 is 0.524 bits per heavy atom. The number of esters is 3. The fourth-order valence-electron chi connectivity index (χ4n) is 8.20. The highest BCUT2D eigenvalue weighted by Gasteiger charge is 2.19. The van der Waals surface area contributed by atoms with Crippen LogP contribution in [0, 0.1) is 0 Å². The molecule has 6 nitrogen and oxygen atoms in total. The summed E-state index contributed by atoms with van der Waals surface area (Å²) in [5.41, 5.74) is 0. The minimum atomic E-state index is -0.771. The number of unbranched alkanes of at least 4 members (excludes halogenated alkanes) is 36. The third kappa shape index (κ3) is 50.7. The Labute approximate surface area is 392 Å². The summed E-state index contributed by atoms with van der Waals surface area (Å²) < 4.78 is 16.8. The van der Waals surface area contributed by atoms with Gasteiger partial charge >= 0.3 is 17.9 Å². The van der Waals surface area contributed by atoms with Crippen molar-refractivity contribution in [1.82, 2.24) is 0 Å². The van der Waals surface area contributed by atoms with E-state index in [-0.39, 0.29) is 31.1 Å². The lowest BCUT2D eigenvalue weighted by atomic mass is 10.0. The number of hydrogen-bond acceptors (Lipinski definition) is 6. The zero-order valence-electron chi connectivity index (χ0n) is 42.4. The lowest BCUT2D eigenvalue weighted by molar-refractivity contribution is -0.167. The van der Waals surface area contributed by atoms with Gasteiger partial charge in [-0.25, -0.2) is 0 Å². The first-order valence-corrected chi connectivity index (χ1v) is 27.8. The van der Waals surface area contributed by atoms with Gasteiger partial charge in [-0.1, -0.05) is 238 Å². The average molecular weight is 887 g/mol. The molecule has 370 valence electrons. The number of allylic oxidation sites excluding steroid dienone is 4. The fraction of sp³-hybridized carbons (Fsp3) is 0.877. The van der Waals surface area contributed by atoms with Crippen molar-refractivity contribution in [2.75, 3.05) is 13.2 Å². The quantitative estimate of drug-likeness (QED) is 0.0262. The van der Waals surface area contributed by atoms with Crippen molar-refractivity contribution in [1.29, 1.82) is 0 Å². The Morgan fingerprint density at radius 1 is 0.302 bits per heavy atom. The molecule has 0 heterocycles. The van der Waals surface area contributed by atoms with Gasteiger partial charge in [-0.05, 0) is 70.6 Å². The summed E-state index contributed by atoms with van der Waals surface area (Å²) in [6.07, 6.45) is 60.3. The summed E-state index contributed by atoms with van der Waals surface area (Å²) in [7, 11) is 0. The Morgan fingerprint density at radius 3 is 0.825 bits per heavy atom. The van der Waals surface area contributed by atoms with Crippen molar-refractivity contribution in [3.63, 3.8) is 0 Å². The van der Waals surface area contributed by atoms with Crippen LogP contribution < -0.4 is 0 Å². The Bertz CT molecular complexity index is 1020. The van der Waals surface area contributed by atoms with E-state index in [1.807, 2.05) is 0 Å². The lowest BCUT2D eigenvalue weighted by Gasteiger charge is -2.18. The first-order valence-electron chi connectivity index (χ1n) is 27.8. The summed E-state index contributed by atoms with van der Waals surface area (Å²) in [5, 5.41) is 0. The molecular formula is C57H106O6. The molecule has 0 radical (unpaired) electrons. The Hall–Kier alpha value is -2.11. The maximum Gasteiger partial charge on any atom is 0.306 e. The van der Waals surface area contributed by atoms with Crippen molar-refractivity contribution in [3.8, 4) is 0 Å². The van der Waals surface area contributed by atoms with E-state index in [0.29, 0.717) is 19.3 Å². The van der Waals surface area contributed by atoms with Gasteiger partial charge in [-0.15, -0.1) is 0 Å². The van der Waals surface area contributed by atoms with E-state index in [9.17, 15) is 14.4 Å². The minimum Gasteiger partial charge on any atom is -0.462 e. The molecule has 1 atom stereocenters. The molecule has 0 aliphatic carbocycles. The molecule has 0 spiro atoms.